The van der Waals surface area contributed by atoms with E-state index in [9.17, 15) is 8.78 Å². The number of aromatic nitrogens is 4. The van der Waals surface area contributed by atoms with E-state index >= 15 is 0 Å². The van der Waals surface area contributed by atoms with Crippen molar-refractivity contribution in [3.05, 3.63) is 34.1 Å². The zero-order valence-corrected chi connectivity index (χ0v) is 10.3. The molecule has 1 unspecified atom stereocenters. The van der Waals surface area contributed by atoms with E-state index in [0.717, 1.165) is 16.8 Å². The van der Waals surface area contributed by atoms with Crippen molar-refractivity contribution in [3.8, 4) is 5.69 Å². The lowest BCUT2D eigenvalue weighted by Gasteiger charge is -2.09. The molecule has 2 N–H and O–H groups in total. The molecule has 2 rings (SSSR count). The SMILES string of the molecule is CC(N)c1nnnn1-c1c(F)cc(Br)cc1F. The van der Waals surface area contributed by atoms with Gasteiger partial charge in [0.1, 0.15) is 5.69 Å². The minimum absolute atomic E-state index is 0.185. The molecule has 1 atom stereocenters. The van der Waals surface area contributed by atoms with Crippen LogP contribution in [0.3, 0.4) is 0 Å². The Morgan fingerprint density at radius 2 is 1.94 bits per heavy atom. The summed E-state index contributed by atoms with van der Waals surface area (Å²) in [6.07, 6.45) is 0. The number of hydrogen-bond acceptors (Lipinski definition) is 4. The van der Waals surface area contributed by atoms with E-state index in [1.54, 1.807) is 6.92 Å². The maximum atomic E-state index is 13.7. The van der Waals surface area contributed by atoms with Gasteiger partial charge >= 0.3 is 0 Å². The fraction of sp³-hybridized carbons (Fsp3) is 0.222. The largest absolute Gasteiger partial charge is 0.321 e. The Morgan fingerprint density at radius 3 is 2.47 bits per heavy atom. The molecule has 0 bridgehead atoms. The molecule has 0 aliphatic carbocycles. The summed E-state index contributed by atoms with van der Waals surface area (Å²) in [6, 6.07) is 1.73. The van der Waals surface area contributed by atoms with Gasteiger partial charge in [-0.1, -0.05) is 15.9 Å². The summed E-state index contributed by atoms with van der Waals surface area (Å²) in [5.41, 5.74) is 5.27. The Morgan fingerprint density at radius 1 is 1.35 bits per heavy atom. The monoisotopic (exact) mass is 303 g/mol. The molecule has 0 spiro atoms. The van der Waals surface area contributed by atoms with E-state index in [2.05, 4.69) is 31.5 Å². The molecule has 0 radical (unpaired) electrons. The minimum atomic E-state index is -0.772. The van der Waals surface area contributed by atoms with Gasteiger partial charge in [0, 0.05) is 4.47 Å². The summed E-state index contributed by atoms with van der Waals surface area (Å²) < 4.78 is 28.6. The quantitative estimate of drug-likeness (QED) is 0.917. The average molecular weight is 304 g/mol. The highest BCUT2D eigenvalue weighted by Crippen LogP contribution is 2.23. The van der Waals surface area contributed by atoms with Crippen LogP contribution < -0.4 is 5.73 Å². The van der Waals surface area contributed by atoms with Gasteiger partial charge in [0.05, 0.1) is 6.04 Å². The fourth-order valence-corrected chi connectivity index (χ4v) is 1.78. The molecule has 1 aromatic heterocycles. The molecule has 8 heteroatoms. The van der Waals surface area contributed by atoms with Crippen LogP contribution >= 0.6 is 15.9 Å². The van der Waals surface area contributed by atoms with Crippen LogP contribution in [0.15, 0.2) is 16.6 Å². The van der Waals surface area contributed by atoms with Gasteiger partial charge in [-0.05, 0) is 29.5 Å². The van der Waals surface area contributed by atoms with E-state index in [0.29, 0.717) is 4.47 Å². The van der Waals surface area contributed by atoms with Crippen molar-refractivity contribution >= 4 is 15.9 Å². The number of benzene rings is 1. The number of nitrogens with zero attached hydrogens (tertiary/aromatic N) is 4. The zero-order chi connectivity index (χ0) is 12.6. The van der Waals surface area contributed by atoms with E-state index in [-0.39, 0.29) is 11.5 Å². The molecule has 1 heterocycles. The van der Waals surface area contributed by atoms with Crippen molar-refractivity contribution in [1.82, 2.24) is 20.2 Å². The van der Waals surface area contributed by atoms with Crippen molar-refractivity contribution < 1.29 is 8.78 Å². The first-order valence-electron chi connectivity index (χ1n) is 4.69. The summed E-state index contributed by atoms with van der Waals surface area (Å²) in [4.78, 5) is 0. The third-order valence-electron chi connectivity index (χ3n) is 2.09. The number of hydrogen-bond donors (Lipinski definition) is 1. The fourth-order valence-electron chi connectivity index (χ4n) is 1.37. The molecule has 90 valence electrons. The first-order chi connectivity index (χ1) is 8.00. The van der Waals surface area contributed by atoms with E-state index in [1.807, 2.05) is 0 Å². The highest BCUT2D eigenvalue weighted by atomic mass is 79.9. The molecule has 1 aromatic carbocycles. The standard InChI is InChI=1S/C9H8BrF2N5/c1-4(13)9-14-15-16-17(9)8-6(11)2-5(10)3-7(8)12/h2-4H,13H2,1H3. The smallest absolute Gasteiger partial charge is 0.173 e. The summed E-state index contributed by atoms with van der Waals surface area (Å²) in [5.74, 6) is -1.36. The van der Waals surface area contributed by atoms with Crippen molar-refractivity contribution in [3.63, 3.8) is 0 Å². The zero-order valence-electron chi connectivity index (χ0n) is 8.73. The van der Waals surface area contributed by atoms with Crippen LogP contribution in [0.4, 0.5) is 8.78 Å². The van der Waals surface area contributed by atoms with E-state index in [1.165, 1.54) is 0 Å². The van der Waals surface area contributed by atoms with Crippen LogP contribution in [0.25, 0.3) is 5.69 Å². The summed E-state index contributed by atoms with van der Waals surface area (Å²) in [5, 5.41) is 10.5. The van der Waals surface area contributed by atoms with Crippen molar-refractivity contribution in [2.24, 2.45) is 5.73 Å². The van der Waals surface area contributed by atoms with Crippen LogP contribution in [-0.2, 0) is 0 Å². The van der Waals surface area contributed by atoms with Gasteiger partial charge in [0.15, 0.2) is 17.5 Å². The number of halogens is 3. The molecular formula is C9H8BrF2N5. The van der Waals surface area contributed by atoms with Gasteiger partial charge in [-0.15, -0.1) is 5.10 Å². The maximum Gasteiger partial charge on any atom is 0.173 e. The second-order valence-corrected chi connectivity index (χ2v) is 4.37. The Hall–Kier alpha value is -1.41. The minimum Gasteiger partial charge on any atom is -0.321 e. The Labute approximate surface area is 104 Å². The maximum absolute atomic E-state index is 13.7. The van der Waals surface area contributed by atoms with Crippen LogP contribution in [0.5, 0.6) is 0 Å². The average Bonchev–Trinajstić information content (AvgIpc) is 2.64. The van der Waals surface area contributed by atoms with Gasteiger partial charge in [0.2, 0.25) is 0 Å². The Balaban J connectivity index is 2.64. The molecule has 17 heavy (non-hydrogen) atoms. The predicted octanol–water partition coefficient (Wildman–Crippen LogP) is 1.72. The van der Waals surface area contributed by atoms with Crippen molar-refractivity contribution in [1.29, 1.82) is 0 Å². The lowest BCUT2D eigenvalue weighted by Crippen LogP contribution is -2.15. The van der Waals surface area contributed by atoms with Crippen LogP contribution in [0.1, 0.15) is 18.8 Å². The van der Waals surface area contributed by atoms with Gasteiger partial charge in [-0.25, -0.2) is 8.78 Å². The highest BCUT2D eigenvalue weighted by Gasteiger charge is 2.19. The van der Waals surface area contributed by atoms with E-state index in [4.69, 9.17) is 5.73 Å². The lowest BCUT2D eigenvalue weighted by atomic mass is 10.2. The van der Waals surface area contributed by atoms with Crippen molar-refractivity contribution in [2.75, 3.05) is 0 Å². The molecule has 0 aliphatic rings. The van der Waals surface area contributed by atoms with Gasteiger partial charge < -0.3 is 5.73 Å². The summed E-state index contributed by atoms with van der Waals surface area (Å²) >= 11 is 2.99. The third kappa shape index (κ3) is 2.18. The Bertz CT molecular complexity index is 531. The second kappa shape index (κ2) is 4.46. The number of nitrogens with two attached hydrogens (primary N) is 1. The van der Waals surface area contributed by atoms with Crippen molar-refractivity contribution in [2.45, 2.75) is 13.0 Å². The number of rotatable bonds is 2. The third-order valence-corrected chi connectivity index (χ3v) is 2.55. The van der Waals surface area contributed by atoms with E-state index < -0.39 is 17.7 Å². The molecule has 5 nitrogen and oxygen atoms in total. The number of tetrazole rings is 1. The van der Waals surface area contributed by atoms with Crippen LogP contribution in [0, 0.1) is 11.6 Å². The van der Waals surface area contributed by atoms with Gasteiger partial charge in [0.25, 0.3) is 0 Å². The highest BCUT2D eigenvalue weighted by molar-refractivity contribution is 9.10. The summed E-state index contributed by atoms with van der Waals surface area (Å²) in [7, 11) is 0. The Kier molecular flexibility index (Phi) is 3.16. The van der Waals surface area contributed by atoms with Crippen LogP contribution in [-0.4, -0.2) is 20.2 Å². The first kappa shape index (κ1) is 12.1. The first-order valence-corrected chi connectivity index (χ1v) is 5.48. The molecule has 0 aliphatic heterocycles. The molecular weight excluding hydrogens is 296 g/mol. The van der Waals surface area contributed by atoms with Crippen LogP contribution in [0.2, 0.25) is 0 Å². The lowest BCUT2D eigenvalue weighted by molar-refractivity contribution is 0.545. The topological polar surface area (TPSA) is 69.6 Å². The molecule has 0 fully saturated rings. The molecule has 0 saturated carbocycles. The molecule has 0 amide bonds. The second-order valence-electron chi connectivity index (χ2n) is 3.46. The summed E-state index contributed by atoms with van der Waals surface area (Å²) in [6.45, 7) is 1.62. The van der Waals surface area contributed by atoms with Gasteiger partial charge in [-0.3, -0.25) is 0 Å². The van der Waals surface area contributed by atoms with Gasteiger partial charge in [-0.2, -0.15) is 4.68 Å². The molecule has 0 saturated heterocycles. The normalized spacial score (nSPS) is 12.8. The predicted molar refractivity (Wildman–Crippen MR) is 59.4 cm³/mol. The molecule has 2 aromatic rings.